The maximum absolute atomic E-state index is 12.8. The van der Waals surface area contributed by atoms with Crippen molar-refractivity contribution in [3.05, 3.63) is 77.3 Å². The second-order valence-corrected chi connectivity index (χ2v) is 14.9. The van der Waals surface area contributed by atoms with Crippen LogP contribution in [0.3, 0.4) is 0 Å². The Balaban J connectivity index is 1.28. The number of piperazine rings is 1. The van der Waals surface area contributed by atoms with E-state index in [1.165, 1.54) is 22.4 Å². The zero-order chi connectivity index (χ0) is 32.3. The zero-order valence-electron chi connectivity index (χ0n) is 26.5. The first kappa shape index (κ1) is 31.8. The highest BCUT2D eigenvalue weighted by molar-refractivity contribution is 7.92. The van der Waals surface area contributed by atoms with Crippen LogP contribution in [0.25, 0.3) is 15.6 Å². The number of nitrogens with zero attached hydrogens (tertiary/aromatic N) is 6. The van der Waals surface area contributed by atoms with E-state index in [0.29, 0.717) is 32.6 Å². The lowest BCUT2D eigenvalue weighted by Gasteiger charge is -2.41. The second kappa shape index (κ2) is 13.7. The third-order valence-corrected chi connectivity index (χ3v) is 12.0. The number of fused-ring (bicyclic) bond motifs is 2. The number of sulfone groups is 1. The van der Waals surface area contributed by atoms with Crippen LogP contribution < -0.4 is 14.5 Å². The number of anilines is 2. The molecule has 1 aromatic heterocycles. The Morgan fingerprint density at radius 3 is 2.65 bits per heavy atom. The molecule has 0 unspecified atom stereocenters. The Hall–Kier alpha value is -4.17. The summed E-state index contributed by atoms with van der Waals surface area (Å²) < 4.78 is 31.7. The number of aryl methyl sites for hydroxylation is 1. The fraction of sp³-hybridized carbons (Fsp3) is 0.486. The first-order valence-corrected chi connectivity index (χ1v) is 18.0. The van der Waals surface area contributed by atoms with Gasteiger partial charge in [-0.3, -0.25) is 4.79 Å². The number of carbonyl (C=O) groups excluding carboxylic acids is 1. The third kappa shape index (κ3) is 6.54. The van der Waals surface area contributed by atoms with Crippen molar-refractivity contribution in [3.8, 4) is 6.01 Å². The quantitative estimate of drug-likeness (QED) is 0.178. The van der Waals surface area contributed by atoms with Gasteiger partial charge in [0.25, 0.3) is 0 Å². The van der Waals surface area contributed by atoms with Crippen LogP contribution in [0.4, 0.5) is 11.5 Å². The fourth-order valence-electron chi connectivity index (χ4n) is 7.24. The van der Waals surface area contributed by atoms with Gasteiger partial charge in [0, 0.05) is 42.8 Å². The minimum absolute atomic E-state index is 0.0985. The van der Waals surface area contributed by atoms with Gasteiger partial charge in [0.1, 0.15) is 11.9 Å². The molecule has 46 heavy (non-hydrogen) atoms. The summed E-state index contributed by atoms with van der Waals surface area (Å²) in [6.07, 6.45) is 5.89. The molecule has 10 nitrogen and oxygen atoms in total. The minimum atomic E-state index is -3.14. The van der Waals surface area contributed by atoms with Crippen LogP contribution in [0.5, 0.6) is 6.01 Å². The molecule has 1 saturated carbocycles. The Morgan fingerprint density at radius 1 is 1.11 bits per heavy atom. The molecule has 6 rings (SSSR count). The van der Waals surface area contributed by atoms with Crippen molar-refractivity contribution in [1.29, 1.82) is 0 Å². The zero-order valence-corrected chi connectivity index (χ0v) is 27.3. The van der Waals surface area contributed by atoms with Crippen LogP contribution >= 0.6 is 0 Å². The second-order valence-electron chi connectivity index (χ2n) is 12.5. The van der Waals surface area contributed by atoms with Crippen molar-refractivity contribution in [2.24, 2.45) is 0 Å². The summed E-state index contributed by atoms with van der Waals surface area (Å²) in [5.74, 6) is 0.699. The lowest BCUT2D eigenvalue weighted by Crippen LogP contribution is -2.56. The highest BCUT2D eigenvalue weighted by Crippen LogP contribution is 2.36. The first-order chi connectivity index (χ1) is 22.3. The van der Waals surface area contributed by atoms with Gasteiger partial charge in [0.15, 0.2) is 9.84 Å². The summed E-state index contributed by atoms with van der Waals surface area (Å²) in [4.78, 5) is 32.2. The molecule has 1 saturated heterocycles. The predicted octanol–water partition coefficient (Wildman–Crippen LogP) is 4.75. The smallest absolute Gasteiger partial charge is 0.318 e. The van der Waals surface area contributed by atoms with Gasteiger partial charge in [-0.2, -0.15) is 9.97 Å². The highest BCUT2D eigenvalue weighted by atomic mass is 32.2. The van der Waals surface area contributed by atoms with Crippen LogP contribution in [0, 0.1) is 13.5 Å². The van der Waals surface area contributed by atoms with Gasteiger partial charge in [0.05, 0.1) is 29.8 Å². The molecule has 3 heterocycles. The molecular weight excluding hydrogens is 600 g/mol. The van der Waals surface area contributed by atoms with Gasteiger partial charge >= 0.3 is 6.01 Å². The molecule has 1 amide bonds. The summed E-state index contributed by atoms with van der Waals surface area (Å²) in [6.45, 7) is 16.5. The molecule has 1 aliphatic carbocycles. The van der Waals surface area contributed by atoms with Crippen molar-refractivity contribution < 1.29 is 17.9 Å². The van der Waals surface area contributed by atoms with Crippen LogP contribution in [0.1, 0.15) is 48.9 Å². The number of hydrogen-bond acceptors (Lipinski definition) is 8. The van der Waals surface area contributed by atoms with E-state index in [2.05, 4.69) is 64.5 Å². The summed E-state index contributed by atoms with van der Waals surface area (Å²) in [5.41, 5.74) is 4.31. The lowest BCUT2D eigenvalue weighted by molar-refractivity contribution is -0.128. The topological polar surface area (TPSA) is 100 Å². The largest absolute Gasteiger partial charge is 0.463 e. The van der Waals surface area contributed by atoms with Crippen molar-refractivity contribution in [2.45, 2.75) is 63.3 Å². The van der Waals surface area contributed by atoms with Gasteiger partial charge in [-0.1, -0.05) is 49.8 Å². The van der Waals surface area contributed by atoms with Crippen LogP contribution in [0.2, 0.25) is 0 Å². The monoisotopic (exact) mass is 642 g/mol. The molecule has 0 N–H and O–H groups in total. The van der Waals surface area contributed by atoms with Gasteiger partial charge in [-0.05, 0) is 55.7 Å². The standard InChI is InChI=1S/C35H42N6O4S/c1-4-32(42)41-19-18-40(23-27(41)22-36-3)34-29-16-17-39(31-15-8-12-26-11-7-10-25(2)33(26)31)24-30(29)37-35(38-34)45-20-9-21-46(43,44)28-13-5-6-14-28/h4,7-8,10-12,15,27-28H,1,5-6,9,13-14,16-24H2,2H3/t27-/m0/s1. The molecule has 3 aromatic rings. The fourth-order valence-corrected chi connectivity index (χ4v) is 9.15. The number of ether oxygens (including phenoxy) is 1. The molecule has 0 bridgehead atoms. The Morgan fingerprint density at radius 2 is 1.89 bits per heavy atom. The van der Waals surface area contributed by atoms with Gasteiger partial charge in [-0.15, -0.1) is 0 Å². The number of aromatic nitrogens is 2. The molecule has 2 aromatic carbocycles. The Labute approximate surface area is 271 Å². The molecule has 3 aliphatic rings. The summed E-state index contributed by atoms with van der Waals surface area (Å²) in [5, 5.41) is 2.20. The third-order valence-electron chi connectivity index (χ3n) is 9.61. The van der Waals surface area contributed by atoms with Crippen molar-refractivity contribution in [2.75, 3.05) is 54.9 Å². The number of benzene rings is 2. The molecule has 242 valence electrons. The number of amides is 1. The summed E-state index contributed by atoms with van der Waals surface area (Å²) in [6, 6.07) is 12.7. The van der Waals surface area contributed by atoms with E-state index in [1.54, 1.807) is 4.90 Å². The summed E-state index contributed by atoms with van der Waals surface area (Å²) in [7, 11) is -3.14. The van der Waals surface area contributed by atoms with E-state index in [9.17, 15) is 13.2 Å². The molecule has 0 spiro atoms. The van der Waals surface area contributed by atoms with E-state index >= 15 is 0 Å². The van der Waals surface area contributed by atoms with E-state index < -0.39 is 9.84 Å². The normalized spacial score (nSPS) is 18.8. The Bertz CT molecular complexity index is 1760. The van der Waals surface area contributed by atoms with Gasteiger partial charge in [-0.25, -0.2) is 15.0 Å². The van der Waals surface area contributed by atoms with Crippen molar-refractivity contribution in [1.82, 2.24) is 14.9 Å². The summed E-state index contributed by atoms with van der Waals surface area (Å²) >= 11 is 0. The van der Waals surface area contributed by atoms with Crippen molar-refractivity contribution >= 4 is 38.0 Å². The maximum atomic E-state index is 12.8. The SMILES string of the molecule is [C-]#[N+]C[C@H]1CN(c2nc(OCCCS(=O)(=O)C3CCCC3)nc3c2CCN(c2cccc4cccc(C)c24)C3)CCN1C(=O)C=C. The number of carbonyl (C=O) groups is 1. The predicted molar refractivity (Wildman–Crippen MR) is 181 cm³/mol. The number of hydrogen-bond donors (Lipinski definition) is 0. The van der Waals surface area contributed by atoms with E-state index in [-0.39, 0.29) is 42.1 Å². The lowest BCUT2D eigenvalue weighted by atomic mass is 9.99. The number of rotatable bonds is 10. The van der Waals surface area contributed by atoms with Gasteiger partial charge < -0.3 is 24.3 Å². The molecule has 0 radical (unpaired) electrons. The highest BCUT2D eigenvalue weighted by Gasteiger charge is 2.35. The molecular formula is C35H42N6O4S. The van der Waals surface area contributed by atoms with E-state index in [1.807, 2.05) is 0 Å². The Kier molecular flexibility index (Phi) is 9.45. The van der Waals surface area contributed by atoms with E-state index in [0.717, 1.165) is 61.4 Å². The van der Waals surface area contributed by atoms with Crippen LogP contribution in [0.15, 0.2) is 49.1 Å². The maximum Gasteiger partial charge on any atom is 0.318 e. The molecule has 2 fully saturated rings. The average molecular weight is 643 g/mol. The van der Waals surface area contributed by atoms with Crippen LogP contribution in [-0.2, 0) is 27.6 Å². The minimum Gasteiger partial charge on any atom is -0.463 e. The molecule has 1 atom stereocenters. The van der Waals surface area contributed by atoms with E-state index in [4.69, 9.17) is 21.3 Å². The van der Waals surface area contributed by atoms with Crippen molar-refractivity contribution in [3.63, 3.8) is 0 Å². The first-order valence-electron chi connectivity index (χ1n) is 16.3. The van der Waals surface area contributed by atoms with Gasteiger partial charge in [0.2, 0.25) is 12.5 Å². The molecule has 2 aliphatic heterocycles. The van der Waals surface area contributed by atoms with Crippen LogP contribution in [-0.4, -0.2) is 85.6 Å². The molecule has 11 heteroatoms. The average Bonchev–Trinajstić information content (AvgIpc) is 3.62.